The lowest BCUT2D eigenvalue weighted by molar-refractivity contribution is -0.142. The first-order chi connectivity index (χ1) is 18.9. The first-order valence-corrected chi connectivity index (χ1v) is 13.6. The van der Waals surface area contributed by atoms with Gasteiger partial charge in [0.25, 0.3) is 0 Å². The van der Waals surface area contributed by atoms with Crippen molar-refractivity contribution < 1.29 is 14.4 Å². The monoisotopic (exact) mass is 538 g/mol. The summed E-state index contributed by atoms with van der Waals surface area (Å²) < 4.78 is 0. The number of aromatic amines is 1. The van der Waals surface area contributed by atoms with Crippen LogP contribution < -0.4 is 10.6 Å². The van der Waals surface area contributed by atoms with Crippen molar-refractivity contribution in [1.82, 2.24) is 15.2 Å². The standard InChI is InChI=1S/C31H27ClN4O3/c1-17-13-21-27(22(32)14-17)34-30(39)31(21)26-25(24(35-31)15-19-16-33-23-10-6-5-9-20(19)23)28(37)36(29(26)38)12-11-18-7-3-2-4-8-18/h2-10,13-14,16,24-26,33,35H,11-12,15H2,1H3,(H,34,39)/t24?,25-,26+,31?/m1/s1. The molecule has 4 atom stereocenters. The number of anilines is 1. The number of nitrogens with zero attached hydrogens (tertiary/aromatic N) is 1. The van der Waals surface area contributed by atoms with Gasteiger partial charge in [-0.1, -0.05) is 66.2 Å². The Morgan fingerprint density at radius 1 is 0.974 bits per heavy atom. The third kappa shape index (κ3) is 3.50. The first-order valence-electron chi connectivity index (χ1n) is 13.2. The number of H-pyrrole nitrogens is 1. The van der Waals surface area contributed by atoms with Crippen LogP contribution in [0.15, 0.2) is 72.9 Å². The summed E-state index contributed by atoms with van der Waals surface area (Å²) >= 11 is 6.56. The summed E-state index contributed by atoms with van der Waals surface area (Å²) in [6, 6.07) is 21.1. The number of likely N-dealkylation sites (tertiary alicyclic amines) is 1. The second-order valence-electron chi connectivity index (χ2n) is 10.8. The lowest BCUT2D eigenvalue weighted by atomic mass is 9.76. The molecule has 3 aliphatic rings. The van der Waals surface area contributed by atoms with Gasteiger partial charge in [-0.15, -0.1) is 0 Å². The van der Waals surface area contributed by atoms with E-state index in [1.807, 2.05) is 73.8 Å². The summed E-state index contributed by atoms with van der Waals surface area (Å²) in [7, 11) is 0. The number of para-hydroxylation sites is 1. The largest absolute Gasteiger partial charge is 0.361 e. The Kier molecular flexibility index (Phi) is 5.44. The summed E-state index contributed by atoms with van der Waals surface area (Å²) in [6.45, 7) is 2.18. The van der Waals surface area contributed by atoms with Crippen LogP contribution in [0.1, 0.15) is 22.3 Å². The van der Waals surface area contributed by atoms with Crippen LogP contribution in [0.2, 0.25) is 5.02 Å². The number of rotatable bonds is 5. The highest BCUT2D eigenvalue weighted by molar-refractivity contribution is 6.35. The second-order valence-corrected chi connectivity index (χ2v) is 11.2. The molecule has 0 aliphatic carbocycles. The fourth-order valence-electron chi connectivity index (χ4n) is 6.87. The number of benzene rings is 3. The number of amides is 3. The fraction of sp³-hybridized carbons (Fsp3) is 0.258. The molecule has 3 N–H and O–H groups in total. The third-order valence-corrected chi connectivity index (χ3v) is 8.89. The van der Waals surface area contributed by atoms with Crippen molar-refractivity contribution in [2.45, 2.75) is 31.3 Å². The Bertz CT molecular complexity index is 1670. The molecule has 2 fully saturated rings. The van der Waals surface area contributed by atoms with Gasteiger partial charge in [-0.2, -0.15) is 0 Å². The highest BCUT2D eigenvalue weighted by Crippen LogP contribution is 2.54. The summed E-state index contributed by atoms with van der Waals surface area (Å²) in [5, 5.41) is 7.95. The zero-order chi connectivity index (χ0) is 26.9. The Morgan fingerprint density at radius 2 is 1.74 bits per heavy atom. The lowest BCUT2D eigenvalue weighted by Crippen LogP contribution is -2.53. The minimum atomic E-state index is -1.37. The molecule has 39 heavy (non-hydrogen) atoms. The van der Waals surface area contributed by atoms with Crippen LogP contribution >= 0.6 is 11.6 Å². The van der Waals surface area contributed by atoms with E-state index in [2.05, 4.69) is 15.6 Å². The zero-order valence-electron chi connectivity index (χ0n) is 21.3. The molecule has 1 aromatic heterocycles. The second kappa shape index (κ2) is 8.79. The van der Waals surface area contributed by atoms with E-state index in [9.17, 15) is 14.4 Å². The van der Waals surface area contributed by atoms with Gasteiger partial charge in [0.2, 0.25) is 17.7 Å². The van der Waals surface area contributed by atoms with Gasteiger partial charge in [-0.3, -0.25) is 24.6 Å². The summed E-state index contributed by atoms with van der Waals surface area (Å²) in [4.78, 5) is 46.6. The van der Waals surface area contributed by atoms with Crippen LogP contribution in [0.25, 0.3) is 10.9 Å². The minimum absolute atomic E-state index is 0.227. The summed E-state index contributed by atoms with van der Waals surface area (Å²) in [5.74, 6) is -2.42. The molecule has 1 spiro atoms. The van der Waals surface area contributed by atoms with Gasteiger partial charge >= 0.3 is 0 Å². The van der Waals surface area contributed by atoms with Crippen molar-refractivity contribution in [1.29, 1.82) is 0 Å². The molecule has 0 saturated carbocycles. The molecule has 7 rings (SSSR count). The van der Waals surface area contributed by atoms with Crippen molar-refractivity contribution >= 4 is 45.9 Å². The highest BCUT2D eigenvalue weighted by Gasteiger charge is 2.70. The van der Waals surface area contributed by atoms with Crippen LogP contribution in [0.4, 0.5) is 5.69 Å². The van der Waals surface area contributed by atoms with Crippen molar-refractivity contribution in [2.24, 2.45) is 11.8 Å². The topological polar surface area (TPSA) is 94.3 Å². The normalized spacial score (nSPS) is 25.5. The van der Waals surface area contributed by atoms with E-state index < -0.39 is 23.4 Å². The number of imide groups is 1. The first kappa shape index (κ1) is 24.1. The molecule has 196 valence electrons. The molecule has 3 aromatic carbocycles. The number of fused-ring (bicyclic) bond motifs is 5. The number of halogens is 1. The third-order valence-electron chi connectivity index (χ3n) is 8.59. The summed E-state index contributed by atoms with van der Waals surface area (Å²) in [6.07, 6.45) is 2.99. The molecule has 4 heterocycles. The molecule has 3 aliphatic heterocycles. The van der Waals surface area contributed by atoms with Gasteiger partial charge < -0.3 is 10.3 Å². The minimum Gasteiger partial charge on any atom is -0.361 e. The van der Waals surface area contributed by atoms with Gasteiger partial charge in [0, 0.05) is 35.2 Å². The predicted octanol–water partition coefficient (Wildman–Crippen LogP) is 4.34. The lowest BCUT2D eigenvalue weighted by Gasteiger charge is -2.30. The average molecular weight is 539 g/mol. The maximum Gasteiger partial charge on any atom is 0.250 e. The van der Waals surface area contributed by atoms with Crippen molar-refractivity contribution in [2.75, 3.05) is 11.9 Å². The molecule has 4 aromatic rings. The molecule has 8 heteroatoms. The van der Waals surface area contributed by atoms with Crippen molar-refractivity contribution in [3.05, 3.63) is 100 Å². The van der Waals surface area contributed by atoms with Crippen LogP contribution in [0.3, 0.4) is 0 Å². The van der Waals surface area contributed by atoms with E-state index in [0.717, 1.165) is 27.6 Å². The van der Waals surface area contributed by atoms with E-state index in [-0.39, 0.29) is 24.3 Å². The molecule has 2 saturated heterocycles. The van der Waals surface area contributed by atoms with Crippen LogP contribution in [-0.4, -0.2) is 40.2 Å². The van der Waals surface area contributed by atoms with E-state index in [1.165, 1.54) is 4.90 Å². The Morgan fingerprint density at radius 3 is 2.56 bits per heavy atom. The molecule has 0 radical (unpaired) electrons. The summed E-state index contributed by atoms with van der Waals surface area (Å²) in [5.41, 5.74) is 3.73. The Hall–Kier alpha value is -3.94. The SMILES string of the molecule is Cc1cc(Cl)c2c(c1)C1(NC(Cc3c[nH]c4ccccc34)[C@H]3C(=O)N(CCc4ccccc4)C(=O)[C@H]31)C(=O)N2. The van der Waals surface area contributed by atoms with Crippen molar-refractivity contribution in [3.63, 3.8) is 0 Å². The van der Waals surface area contributed by atoms with E-state index in [0.29, 0.717) is 29.1 Å². The smallest absolute Gasteiger partial charge is 0.250 e. The fourth-order valence-corrected chi connectivity index (χ4v) is 7.19. The Balaban J connectivity index is 1.32. The van der Waals surface area contributed by atoms with Gasteiger partial charge in [0.1, 0.15) is 5.54 Å². The molecule has 0 bridgehead atoms. The van der Waals surface area contributed by atoms with E-state index in [4.69, 9.17) is 11.6 Å². The number of carbonyl (C=O) groups is 3. The number of aromatic nitrogens is 1. The molecule has 7 nitrogen and oxygen atoms in total. The molecular formula is C31H27ClN4O3. The molecule has 3 amide bonds. The maximum absolute atomic E-state index is 14.1. The number of aryl methyl sites for hydroxylation is 1. The highest BCUT2D eigenvalue weighted by atomic mass is 35.5. The number of hydrogen-bond acceptors (Lipinski definition) is 4. The average Bonchev–Trinajstić information content (AvgIpc) is 3.64. The molecular weight excluding hydrogens is 512 g/mol. The van der Waals surface area contributed by atoms with Crippen LogP contribution in [-0.2, 0) is 32.8 Å². The number of nitrogens with one attached hydrogen (secondary N) is 3. The van der Waals surface area contributed by atoms with Gasteiger partial charge in [-0.25, -0.2) is 0 Å². The van der Waals surface area contributed by atoms with E-state index in [1.54, 1.807) is 6.07 Å². The van der Waals surface area contributed by atoms with Crippen LogP contribution in [0.5, 0.6) is 0 Å². The maximum atomic E-state index is 14.1. The van der Waals surface area contributed by atoms with Gasteiger partial charge in [0.05, 0.1) is 22.5 Å². The van der Waals surface area contributed by atoms with E-state index >= 15 is 0 Å². The van der Waals surface area contributed by atoms with Crippen LogP contribution in [0, 0.1) is 18.8 Å². The quantitative estimate of drug-likeness (QED) is 0.330. The Labute approximate surface area is 230 Å². The molecule has 2 unspecified atom stereocenters. The zero-order valence-corrected chi connectivity index (χ0v) is 22.1. The van der Waals surface area contributed by atoms with Gasteiger partial charge in [-0.05, 0) is 48.6 Å². The van der Waals surface area contributed by atoms with Crippen molar-refractivity contribution in [3.8, 4) is 0 Å². The number of carbonyl (C=O) groups excluding carboxylic acids is 3. The van der Waals surface area contributed by atoms with Gasteiger partial charge in [0.15, 0.2) is 0 Å². The number of hydrogen-bond donors (Lipinski definition) is 3. The predicted molar refractivity (Wildman–Crippen MR) is 149 cm³/mol.